The zero-order chi connectivity index (χ0) is 18.5. The highest BCUT2D eigenvalue weighted by molar-refractivity contribution is 7.11. The van der Waals surface area contributed by atoms with Crippen LogP contribution in [-0.2, 0) is 13.0 Å². The van der Waals surface area contributed by atoms with Gasteiger partial charge in [-0.15, -0.1) is 11.3 Å². The lowest BCUT2D eigenvalue weighted by Gasteiger charge is -2.20. The summed E-state index contributed by atoms with van der Waals surface area (Å²) in [4.78, 5) is 11.0. The molecule has 0 bridgehead atoms. The molecule has 0 aliphatic carbocycles. The number of aryl methyl sites for hydroxylation is 2. The summed E-state index contributed by atoms with van der Waals surface area (Å²) >= 11 is 1.86. The molecule has 4 aromatic rings. The first-order valence-corrected chi connectivity index (χ1v) is 9.84. The van der Waals surface area contributed by atoms with Gasteiger partial charge in [0.25, 0.3) is 0 Å². The lowest BCUT2D eigenvalue weighted by atomic mass is 10.1. The zero-order valence-electron chi connectivity index (χ0n) is 15.2. The van der Waals surface area contributed by atoms with Gasteiger partial charge in [0.2, 0.25) is 0 Å². The van der Waals surface area contributed by atoms with E-state index in [1.54, 1.807) is 18.7 Å². The standard InChI is InChI=1S/C21H22N4OS/c1-17-2-8-21(27-17)9-7-20(14-24-12-10-22-15-24)26-19-5-3-18(4-6-19)25-13-11-23-16-25/h2-6,8,10-13,15-16,20H,7,9,14H2,1H3. The van der Waals surface area contributed by atoms with Crippen molar-refractivity contribution in [1.82, 2.24) is 19.1 Å². The molecule has 1 unspecified atom stereocenters. The molecule has 0 spiro atoms. The van der Waals surface area contributed by atoms with Gasteiger partial charge >= 0.3 is 0 Å². The second kappa shape index (κ2) is 8.22. The van der Waals surface area contributed by atoms with Gasteiger partial charge in [0, 0.05) is 40.2 Å². The Morgan fingerprint density at radius 3 is 2.48 bits per heavy atom. The summed E-state index contributed by atoms with van der Waals surface area (Å²) in [6.45, 7) is 2.93. The van der Waals surface area contributed by atoms with E-state index in [4.69, 9.17) is 4.74 Å². The van der Waals surface area contributed by atoms with Gasteiger partial charge in [-0.3, -0.25) is 0 Å². The Balaban J connectivity index is 1.44. The van der Waals surface area contributed by atoms with Crippen molar-refractivity contribution in [3.8, 4) is 11.4 Å². The molecule has 27 heavy (non-hydrogen) atoms. The number of nitrogens with zero attached hydrogens (tertiary/aromatic N) is 4. The molecular weight excluding hydrogens is 356 g/mol. The van der Waals surface area contributed by atoms with Crippen LogP contribution in [0.1, 0.15) is 16.2 Å². The fraction of sp³-hybridized carbons (Fsp3) is 0.238. The lowest BCUT2D eigenvalue weighted by molar-refractivity contribution is 0.170. The molecule has 1 atom stereocenters. The smallest absolute Gasteiger partial charge is 0.119 e. The molecule has 0 amide bonds. The first-order valence-electron chi connectivity index (χ1n) is 9.02. The molecular formula is C21H22N4OS. The van der Waals surface area contributed by atoms with Gasteiger partial charge in [0.05, 0.1) is 19.2 Å². The minimum absolute atomic E-state index is 0.0840. The van der Waals surface area contributed by atoms with E-state index in [1.807, 2.05) is 58.9 Å². The summed E-state index contributed by atoms with van der Waals surface area (Å²) in [6, 6.07) is 12.5. The van der Waals surface area contributed by atoms with Crippen molar-refractivity contribution in [1.29, 1.82) is 0 Å². The van der Waals surface area contributed by atoms with Crippen LogP contribution in [0.5, 0.6) is 5.75 Å². The highest BCUT2D eigenvalue weighted by atomic mass is 32.1. The Morgan fingerprint density at radius 1 is 1.00 bits per heavy atom. The fourth-order valence-electron chi connectivity index (χ4n) is 3.04. The third-order valence-electron chi connectivity index (χ3n) is 4.42. The third-order valence-corrected chi connectivity index (χ3v) is 5.48. The van der Waals surface area contributed by atoms with Crippen molar-refractivity contribution in [3.63, 3.8) is 0 Å². The van der Waals surface area contributed by atoms with Crippen molar-refractivity contribution in [3.05, 3.63) is 83.6 Å². The summed E-state index contributed by atoms with van der Waals surface area (Å²) in [7, 11) is 0. The summed E-state index contributed by atoms with van der Waals surface area (Å²) in [5.74, 6) is 0.881. The SMILES string of the molecule is Cc1ccc(CCC(Cn2ccnc2)Oc2ccc(-n3ccnc3)cc2)s1. The molecule has 0 saturated heterocycles. The first kappa shape index (κ1) is 17.5. The number of hydrogen-bond donors (Lipinski definition) is 0. The highest BCUT2D eigenvalue weighted by Gasteiger charge is 2.13. The van der Waals surface area contributed by atoms with Crippen molar-refractivity contribution in [2.24, 2.45) is 0 Å². The van der Waals surface area contributed by atoms with E-state index in [9.17, 15) is 0 Å². The number of ether oxygens (including phenoxy) is 1. The number of benzene rings is 1. The number of thiophene rings is 1. The van der Waals surface area contributed by atoms with Crippen molar-refractivity contribution in [2.75, 3.05) is 0 Å². The topological polar surface area (TPSA) is 44.9 Å². The van der Waals surface area contributed by atoms with Crippen LogP contribution < -0.4 is 4.74 Å². The quantitative estimate of drug-likeness (QED) is 0.453. The van der Waals surface area contributed by atoms with Crippen LogP contribution in [0.15, 0.2) is 73.8 Å². The largest absolute Gasteiger partial charge is 0.489 e. The van der Waals surface area contributed by atoms with Gasteiger partial charge in [-0.25, -0.2) is 9.97 Å². The highest BCUT2D eigenvalue weighted by Crippen LogP contribution is 2.21. The summed E-state index contributed by atoms with van der Waals surface area (Å²) in [5.41, 5.74) is 1.07. The number of rotatable bonds is 8. The number of aromatic nitrogens is 4. The fourth-order valence-corrected chi connectivity index (χ4v) is 3.95. The van der Waals surface area contributed by atoms with Crippen LogP contribution in [0, 0.1) is 6.92 Å². The monoisotopic (exact) mass is 378 g/mol. The van der Waals surface area contributed by atoms with E-state index in [0.717, 1.165) is 30.8 Å². The van der Waals surface area contributed by atoms with Gasteiger partial charge in [0.1, 0.15) is 11.9 Å². The second-order valence-electron chi connectivity index (χ2n) is 6.51. The Labute approximate surface area is 162 Å². The maximum absolute atomic E-state index is 6.32. The summed E-state index contributed by atoms with van der Waals surface area (Å²) in [5, 5.41) is 0. The van der Waals surface area contributed by atoms with E-state index in [1.165, 1.54) is 9.75 Å². The van der Waals surface area contributed by atoms with Crippen LogP contribution in [0.2, 0.25) is 0 Å². The summed E-state index contributed by atoms with van der Waals surface area (Å²) < 4.78 is 10.4. The van der Waals surface area contributed by atoms with E-state index in [2.05, 4.69) is 33.6 Å². The molecule has 0 radical (unpaired) electrons. The molecule has 1 aromatic carbocycles. The normalized spacial score (nSPS) is 12.2. The van der Waals surface area contributed by atoms with E-state index < -0.39 is 0 Å². The predicted molar refractivity (Wildman–Crippen MR) is 108 cm³/mol. The van der Waals surface area contributed by atoms with Crippen molar-refractivity contribution in [2.45, 2.75) is 32.4 Å². The molecule has 3 aromatic heterocycles. The molecule has 0 N–H and O–H groups in total. The van der Waals surface area contributed by atoms with Gasteiger partial charge in [-0.05, 0) is 56.2 Å². The molecule has 0 aliphatic heterocycles. The first-order chi connectivity index (χ1) is 13.3. The molecule has 4 rings (SSSR count). The maximum Gasteiger partial charge on any atom is 0.119 e. The second-order valence-corrected chi connectivity index (χ2v) is 7.89. The van der Waals surface area contributed by atoms with Crippen LogP contribution in [0.3, 0.4) is 0 Å². The van der Waals surface area contributed by atoms with Gasteiger partial charge in [-0.1, -0.05) is 0 Å². The molecule has 6 heteroatoms. The molecule has 5 nitrogen and oxygen atoms in total. The molecule has 0 saturated carbocycles. The maximum atomic E-state index is 6.32. The average Bonchev–Trinajstić information content (AvgIpc) is 3.44. The minimum Gasteiger partial charge on any atom is -0.489 e. The average molecular weight is 379 g/mol. The van der Waals surface area contributed by atoms with E-state index in [-0.39, 0.29) is 6.10 Å². The van der Waals surface area contributed by atoms with E-state index in [0.29, 0.717) is 0 Å². The predicted octanol–water partition coefficient (Wildman–Crippen LogP) is 4.52. The van der Waals surface area contributed by atoms with Gasteiger partial charge in [0.15, 0.2) is 0 Å². The lowest BCUT2D eigenvalue weighted by Crippen LogP contribution is -2.23. The Morgan fingerprint density at radius 2 is 1.81 bits per heavy atom. The van der Waals surface area contributed by atoms with Crippen LogP contribution in [0.25, 0.3) is 5.69 Å². The van der Waals surface area contributed by atoms with Crippen LogP contribution in [0.4, 0.5) is 0 Å². The van der Waals surface area contributed by atoms with Crippen LogP contribution in [-0.4, -0.2) is 25.2 Å². The van der Waals surface area contributed by atoms with Crippen molar-refractivity contribution >= 4 is 11.3 Å². The number of hydrogen-bond acceptors (Lipinski definition) is 4. The molecule has 0 aliphatic rings. The molecule has 3 heterocycles. The molecule has 138 valence electrons. The number of imidazole rings is 2. The minimum atomic E-state index is 0.0840. The van der Waals surface area contributed by atoms with Crippen LogP contribution >= 0.6 is 11.3 Å². The zero-order valence-corrected chi connectivity index (χ0v) is 16.0. The summed E-state index contributed by atoms with van der Waals surface area (Å²) in [6.07, 6.45) is 13.2. The van der Waals surface area contributed by atoms with Gasteiger partial charge < -0.3 is 13.9 Å². The Kier molecular flexibility index (Phi) is 5.34. The Hall–Kier alpha value is -2.86. The third kappa shape index (κ3) is 4.65. The van der Waals surface area contributed by atoms with E-state index >= 15 is 0 Å². The van der Waals surface area contributed by atoms with Crippen molar-refractivity contribution < 1.29 is 4.74 Å². The van der Waals surface area contributed by atoms with Gasteiger partial charge in [-0.2, -0.15) is 0 Å². The molecule has 0 fully saturated rings. The Bertz CT molecular complexity index is 943.